The Labute approximate surface area is 131 Å². The summed E-state index contributed by atoms with van der Waals surface area (Å²) < 4.78 is 5.48. The molecule has 0 aliphatic carbocycles. The number of ether oxygens (including phenoxy) is 1. The lowest BCUT2D eigenvalue weighted by molar-refractivity contribution is -0.146. The van der Waals surface area contributed by atoms with Crippen molar-refractivity contribution in [3.05, 3.63) is 65.7 Å². The lowest BCUT2D eigenvalue weighted by Crippen LogP contribution is -2.43. The molecule has 0 spiro atoms. The van der Waals surface area contributed by atoms with E-state index in [4.69, 9.17) is 4.74 Å². The van der Waals surface area contributed by atoms with Crippen LogP contribution in [0.1, 0.15) is 24.5 Å². The van der Waals surface area contributed by atoms with Crippen LogP contribution in [0.3, 0.4) is 0 Å². The first kappa shape index (κ1) is 14.6. The van der Waals surface area contributed by atoms with Gasteiger partial charge in [0.25, 0.3) is 0 Å². The molecule has 0 amide bonds. The fourth-order valence-electron chi connectivity index (χ4n) is 2.94. The molecule has 0 aromatic heterocycles. The van der Waals surface area contributed by atoms with Crippen LogP contribution in [-0.2, 0) is 22.6 Å². The topological polar surface area (TPSA) is 29.5 Å². The zero-order chi connectivity index (χ0) is 15.4. The second kappa shape index (κ2) is 6.65. The van der Waals surface area contributed by atoms with E-state index in [1.807, 2.05) is 43.3 Å². The lowest BCUT2D eigenvalue weighted by Gasteiger charge is -2.34. The minimum absolute atomic E-state index is 0.166. The van der Waals surface area contributed by atoms with E-state index in [9.17, 15) is 4.79 Å². The molecule has 114 valence electrons. The lowest BCUT2D eigenvalue weighted by atomic mass is 10.0. The Balaban J connectivity index is 1.66. The molecule has 0 saturated heterocycles. The van der Waals surface area contributed by atoms with Gasteiger partial charge in [0.2, 0.25) is 0 Å². The monoisotopic (exact) mass is 295 g/mol. The molecule has 0 radical (unpaired) electrons. The van der Waals surface area contributed by atoms with Crippen LogP contribution in [0.15, 0.2) is 54.6 Å². The number of fused-ring (bicyclic) bond motifs is 1. The molecule has 1 heterocycles. The van der Waals surface area contributed by atoms with Crippen LogP contribution in [0, 0.1) is 0 Å². The number of esters is 1. The Morgan fingerprint density at radius 1 is 1.14 bits per heavy atom. The van der Waals surface area contributed by atoms with Crippen LogP contribution < -0.4 is 4.90 Å². The standard InChI is InChI=1S/C19H21NO2/c1-15(19(21)22-14-16-8-3-2-4-9-16)20-13-7-11-17-10-5-6-12-18(17)20/h2-6,8-10,12,15H,7,11,13-14H2,1H3. The summed E-state index contributed by atoms with van der Waals surface area (Å²) in [6.45, 7) is 3.16. The number of carbonyl (C=O) groups is 1. The van der Waals surface area contributed by atoms with Crippen LogP contribution in [0.2, 0.25) is 0 Å². The smallest absolute Gasteiger partial charge is 0.328 e. The Kier molecular flexibility index (Phi) is 4.42. The van der Waals surface area contributed by atoms with Crippen molar-refractivity contribution in [1.29, 1.82) is 0 Å². The Hall–Kier alpha value is -2.29. The van der Waals surface area contributed by atoms with Crippen molar-refractivity contribution in [2.75, 3.05) is 11.4 Å². The predicted molar refractivity (Wildman–Crippen MR) is 87.8 cm³/mol. The second-order valence-corrected chi connectivity index (χ2v) is 5.69. The summed E-state index contributed by atoms with van der Waals surface area (Å²) in [6, 6.07) is 17.9. The first-order valence-corrected chi connectivity index (χ1v) is 7.81. The largest absolute Gasteiger partial charge is 0.459 e. The number of carbonyl (C=O) groups excluding carboxylic acids is 1. The number of anilines is 1. The van der Waals surface area contributed by atoms with Gasteiger partial charge in [0, 0.05) is 12.2 Å². The van der Waals surface area contributed by atoms with Gasteiger partial charge in [-0.2, -0.15) is 0 Å². The molecule has 1 unspecified atom stereocenters. The van der Waals surface area contributed by atoms with E-state index in [1.165, 1.54) is 5.56 Å². The van der Waals surface area contributed by atoms with Crippen molar-refractivity contribution in [2.24, 2.45) is 0 Å². The van der Waals surface area contributed by atoms with Crippen LogP contribution in [0.4, 0.5) is 5.69 Å². The Bertz CT molecular complexity index is 639. The third-order valence-electron chi connectivity index (χ3n) is 4.18. The maximum Gasteiger partial charge on any atom is 0.328 e. The van der Waals surface area contributed by atoms with E-state index in [0.29, 0.717) is 6.61 Å². The van der Waals surface area contributed by atoms with Crippen molar-refractivity contribution in [2.45, 2.75) is 32.4 Å². The summed E-state index contributed by atoms with van der Waals surface area (Å²) in [5.41, 5.74) is 3.50. The van der Waals surface area contributed by atoms with Gasteiger partial charge in [-0.25, -0.2) is 4.79 Å². The maximum atomic E-state index is 12.4. The average molecular weight is 295 g/mol. The molecule has 1 aliphatic heterocycles. The van der Waals surface area contributed by atoms with Crippen molar-refractivity contribution in [3.8, 4) is 0 Å². The summed E-state index contributed by atoms with van der Waals surface area (Å²) in [5.74, 6) is -0.166. The van der Waals surface area contributed by atoms with Crippen molar-refractivity contribution in [1.82, 2.24) is 0 Å². The molecule has 1 aliphatic rings. The molecule has 3 nitrogen and oxygen atoms in total. The second-order valence-electron chi connectivity index (χ2n) is 5.69. The molecule has 0 N–H and O–H groups in total. The third kappa shape index (κ3) is 3.14. The minimum Gasteiger partial charge on any atom is -0.459 e. The van der Waals surface area contributed by atoms with Crippen LogP contribution in [0.5, 0.6) is 0 Å². The fraction of sp³-hybridized carbons (Fsp3) is 0.316. The van der Waals surface area contributed by atoms with Crippen LogP contribution in [-0.4, -0.2) is 18.6 Å². The highest BCUT2D eigenvalue weighted by atomic mass is 16.5. The number of hydrogen-bond donors (Lipinski definition) is 0. The molecule has 1 atom stereocenters. The molecular formula is C19H21NO2. The third-order valence-corrected chi connectivity index (χ3v) is 4.18. The van der Waals surface area contributed by atoms with Gasteiger partial charge in [-0.1, -0.05) is 48.5 Å². The number of aryl methyl sites for hydroxylation is 1. The van der Waals surface area contributed by atoms with E-state index in [1.54, 1.807) is 0 Å². The van der Waals surface area contributed by atoms with E-state index in [2.05, 4.69) is 23.1 Å². The quantitative estimate of drug-likeness (QED) is 0.808. The van der Waals surface area contributed by atoms with Crippen molar-refractivity contribution < 1.29 is 9.53 Å². The molecule has 3 rings (SSSR count). The van der Waals surface area contributed by atoms with E-state index in [-0.39, 0.29) is 12.0 Å². The first-order chi connectivity index (χ1) is 10.8. The van der Waals surface area contributed by atoms with E-state index < -0.39 is 0 Å². The van der Waals surface area contributed by atoms with Crippen molar-refractivity contribution >= 4 is 11.7 Å². The first-order valence-electron chi connectivity index (χ1n) is 7.81. The molecular weight excluding hydrogens is 274 g/mol. The minimum atomic E-state index is -0.259. The fourth-order valence-corrected chi connectivity index (χ4v) is 2.94. The Morgan fingerprint density at radius 2 is 1.86 bits per heavy atom. The van der Waals surface area contributed by atoms with Gasteiger partial charge in [-0.15, -0.1) is 0 Å². The number of hydrogen-bond acceptors (Lipinski definition) is 3. The average Bonchev–Trinajstić information content (AvgIpc) is 2.59. The summed E-state index contributed by atoms with van der Waals surface area (Å²) >= 11 is 0. The molecule has 22 heavy (non-hydrogen) atoms. The van der Waals surface area contributed by atoms with Gasteiger partial charge in [0.05, 0.1) is 0 Å². The number of benzene rings is 2. The molecule has 0 fully saturated rings. The molecule has 3 heteroatoms. The van der Waals surface area contributed by atoms with Crippen molar-refractivity contribution in [3.63, 3.8) is 0 Å². The Morgan fingerprint density at radius 3 is 2.68 bits per heavy atom. The van der Waals surface area contributed by atoms with Gasteiger partial charge in [0.15, 0.2) is 0 Å². The van der Waals surface area contributed by atoms with Gasteiger partial charge >= 0.3 is 5.97 Å². The zero-order valence-electron chi connectivity index (χ0n) is 12.9. The maximum absolute atomic E-state index is 12.4. The van der Waals surface area contributed by atoms with E-state index in [0.717, 1.165) is 30.6 Å². The normalized spacial score (nSPS) is 15.0. The summed E-state index contributed by atoms with van der Waals surface area (Å²) in [5, 5.41) is 0. The summed E-state index contributed by atoms with van der Waals surface area (Å²) in [7, 11) is 0. The van der Waals surface area contributed by atoms with Gasteiger partial charge in [-0.05, 0) is 37.0 Å². The molecule has 0 saturated carbocycles. The molecule has 2 aromatic rings. The summed E-state index contributed by atoms with van der Waals surface area (Å²) in [4.78, 5) is 14.5. The van der Waals surface area contributed by atoms with E-state index >= 15 is 0 Å². The predicted octanol–water partition coefficient (Wildman–Crippen LogP) is 3.57. The molecule has 0 bridgehead atoms. The van der Waals surface area contributed by atoms with Crippen LogP contribution in [0.25, 0.3) is 0 Å². The number of rotatable bonds is 4. The molecule has 2 aromatic carbocycles. The number of para-hydroxylation sites is 1. The number of nitrogens with zero attached hydrogens (tertiary/aromatic N) is 1. The summed E-state index contributed by atoms with van der Waals surface area (Å²) in [6.07, 6.45) is 2.16. The van der Waals surface area contributed by atoms with Crippen LogP contribution >= 0.6 is 0 Å². The van der Waals surface area contributed by atoms with Gasteiger partial charge in [-0.3, -0.25) is 0 Å². The highest BCUT2D eigenvalue weighted by molar-refractivity contribution is 5.80. The zero-order valence-corrected chi connectivity index (χ0v) is 12.9. The van der Waals surface area contributed by atoms with Gasteiger partial charge in [0.1, 0.15) is 12.6 Å². The highest BCUT2D eigenvalue weighted by Gasteiger charge is 2.26. The SMILES string of the molecule is CC(C(=O)OCc1ccccc1)N1CCCc2ccccc21. The van der Waals surface area contributed by atoms with Gasteiger partial charge < -0.3 is 9.64 Å². The highest BCUT2D eigenvalue weighted by Crippen LogP contribution is 2.28.